The zero-order chi connectivity index (χ0) is 19.9. The van der Waals surface area contributed by atoms with Crippen LogP contribution in [-0.4, -0.2) is 19.6 Å². The van der Waals surface area contributed by atoms with E-state index in [-0.39, 0.29) is 18.3 Å². The highest BCUT2D eigenvalue weighted by Crippen LogP contribution is 2.26. The van der Waals surface area contributed by atoms with E-state index < -0.39 is 0 Å². The molecule has 0 atom stereocenters. The number of methoxy groups -OCH3 is 1. The Hall–Kier alpha value is -3.41. The number of carbonyl (C=O) groups is 1. The maximum atomic E-state index is 12.5. The van der Waals surface area contributed by atoms with E-state index in [1.165, 1.54) is 0 Å². The van der Waals surface area contributed by atoms with Gasteiger partial charge in [0, 0.05) is 0 Å². The molecule has 0 aliphatic carbocycles. The Bertz CT molecular complexity index is 930. The van der Waals surface area contributed by atoms with E-state index in [0.29, 0.717) is 29.6 Å². The molecule has 3 aromatic rings. The van der Waals surface area contributed by atoms with Crippen LogP contribution in [0.2, 0.25) is 0 Å². The molecule has 0 spiro atoms. The lowest BCUT2D eigenvalue weighted by Crippen LogP contribution is -2.12. The third-order valence-electron chi connectivity index (χ3n) is 4.00. The summed E-state index contributed by atoms with van der Waals surface area (Å²) in [5.74, 6) is 2.47. The van der Waals surface area contributed by atoms with Crippen molar-refractivity contribution in [2.45, 2.75) is 20.5 Å². The van der Waals surface area contributed by atoms with E-state index in [2.05, 4.69) is 5.32 Å². The second-order valence-corrected chi connectivity index (χ2v) is 6.12. The lowest BCUT2D eigenvalue weighted by molar-refractivity contribution is 0.0992. The number of hydrogen-bond acceptors (Lipinski definition) is 5. The van der Waals surface area contributed by atoms with Crippen molar-refractivity contribution in [2.75, 3.05) is 19.0 Å². The first kappa shape index (κ1) is 19.4. The normalized spacial score (nSPS) is 10.4. The molecule has 146 valence electrons. The Morgan fingerprint density at radius 2 is 1.71 bits per heavy atom. The lowest BCUT2D eigenvalue weighted by atomic mass is 10.2. The van der Waals surface area contributed by atoms with Crippen molar-refractivity contribution < 1.29 is 23.4 Å². The van der Waals surface area contributed by atoms with Gasteiger partial charge in [-0.15, -0.1) is 0 Å². The number of carbonyl (C=O) groups excluding carboxylic acids is 1. The van der Waals surface area contributed by atoms with Crippen molar-refractivity contribution in [3.05, 3.63) is 71.7 Å². The molecule has 0 saturated carbocycles. The molecule has 1 N–H and O–H groups in total. The fourth-order valence-corrected chi connectivity index (χ4v) is 2.63. The monoisotopic (exact) mass is 381 g/mol. The minimum atomic E-state index is -0.351. The molecule has 0 saturated heterocycles. The first-order valence-electron chi connectivity index (χ1n) is 8.99. The number of anilines is 1. The Kier molecular flexibility index (Phi) is 6.22. The number of aryl methyl sites for hydroxylation is 1. The Balaban J connectivity index is 1.60. The topological polar surface area (TPSA) is 69.9 Å². The van der Waals surface area contributed by atoms with Gasteiger partial charge >= 0.3 is 0 Å². The van der Waals surface area contributed by atoms with Gasteiger partial charge in [-0.2, -0.15) is 0 Å². The average molecular weight is 381 g/mol. The Morgan fingerprint density at radius 3 is 2.39 bits per heavy atom. The predicted molar refractivity (Wildman–Crippen MR) is 106 cm³/mol. The van der Waals surface area contributed by atoms with Crippen LogP contribution in [0.4, 0.5) is 5.69 Å². The van der Waals surface area contributed by atoms with E-state index in [9.17, 15) is 4.79 Å². The van der Waals surface area contributed by atoms with Crippen molar-refractivity contribution >= 4 is 11.6 Å². The standard InChI is InChI=1S/C22H23NO5/c1-4-26-16-6-8-17(9-7-16)27-14-18-10-12-21(28-18)22(24)23-19-13-15(2)5-11-20(19)25-3/h5-13H,4,14H2,1-3H3,(H,23,24). The molecule has 1 amide bonds. The second-order valence-electron chi connectivity index (χ2n) is 6.12. The van der Waals surface area contributed by atoms with Crippen LogP contribution in [0.1, 0.15) is 28.8 Å². The number of nitrogens with one attached hydrogen (secondary N) is 1. The van der Waals surface area contributed by atoms with Gasteiger partial charge in [0.1, 0.15) is 29.6 Å². The van der Waals surface area contributed by atoms with E-state index in [1.54, 1.807) is 19.2 Å². The van der Waals surface area contributed by atoms with Gasteiger partial charge in [0.25, 0.3) is 5.91 Å². The summed E-state index contributed by atoms with van der Waals surface area (Å²) in [4.78, 5) is 12.5. The number of furan rings is 1. The summed E-state index contributed by atoms with van der Waals surface area (Å²) in [5, 5.41) is 2.81. The largest absolute Gasteiger partial charge is 0.495 e. The summed E-state index contributed by atoms with van der Waals surface area (Å²) in [6.07, 6.45) is 0. The number of hydrogen-bond donors (Lipinski definition) is 1. The van der Waals surface area contributed by atoms with Gasteiger partial charge in [-0.05, 0) is 67.9 Å². The minimum absolute atomic E-state index is 0.203. The van der Waals surface area contributed by atoms with Crippen LogP contribution in [-0.2, 0) is 6.61 Å². The molecule has 2 aromatic carbocycles. The molecular formula is C22H23NO5. The summed E-state index contributed by atoms with van der Waals surface area (Å²) in [5.41, 5.74) is 1.61. The first-order valence-corrected chi connectivity index (χ1v) is 8.99. The highest BCUT2D eigenvalue weighted by atomic mass is 16.5. The molecule has 6 nitrogen and oxygen atoms in total. The van der Waals surface area contributed by atoms with E-state index in [1.807, 2.05) is 56.3 Å². The molecule has 6 heteroatoms. The van der Waals surface area contributed by atoms with Crippen molar-refractivity contribution in [2.24, 2.45) is 0 Å². The molecule has 1 heterocycles. The zero-order valence-corrected chi connectivity index (χ0v) is 16.2. The molecule has 0 aliphatic rings. The second kappa shape index (κ2) is 8.99. The molecule has 1 aromatic heterocycles. The lowest BCUT2D eigenvalue weighted by Gasteiger charge is -2.10. The number of rotatable bonds is 8. The van der Waals surface area contributed by atoms with Crippen LogP contribution in [0.3, 0.4) is 0 Å². The molecule has 0 bridgehead atoms. The summed E-state index contributed by atoms with van der Waals surface area (Å²) < 4.78 is 22.0. The van der Waals surface area contributed by atoms with Crippen LogP contribution in [0.25, 0.3) is 0 Å². The molecule has 28 heavy (non-hydrogen) atoms. The van der Waals surface area contributed by atoms with Gasteiger partial charge in [-0.1, -0.05) is 6.07 Å². The SMILES string of the molecule is CCOc1ccc(OCc2ccc(C(=O)Nc3cc(C)ccc3OC)o2)cc1. The van der Waals surface area contributed by atoms with Crippen molar-refractivity contribution in [1.29, 1.82) is 0 Å². The highest BCUT2D eigenvalue weighted by Gasteiger charge is 2.14. The fraction of sp³-hybridized carbons (Fsp3) is 0.227. The van der Waals surface area contributed by atoms with Crippen molar-refractivity contribution in [3.63, 3.8) is 0 Å². The van der Waals surface area contributed by atoms with Crippen molar-refractivity contribution in [3.8, 4) is 17.2 Å². The summed E-state index contributed by atoms with van der Waals surface area (Å²) in [6.45, 7) is 4.71. The highest BCUT2D eigenvalue weighted by molar-refractivity contribution is 6.03. The summed E-state index contributed by atoms with van der Waals surface area (Å²) in [7, 11) is 1.56. The molecular weight excluding hydrogens is 358 g/mol. The van der Waals surface area contributed by atoms with Crippen LogP contribution in [0, 0.1) is 6.92 Å². The van der Waals surface area contributed by atoms with Gasteiger partial charge in [0.05, 0.1) is 19.4 Å². The zero-order valence-electron chi connectivity index (χ0n) is 16.2. The third kappa shape index (κ3) is 4.85. The van der Waals surface area contributed by atoms with Crippen LogP contribution in [0.15, 0.2) is 59.0 Å². The predicted octanol–water partition coefficient (Wildman–Crippen LogP) is 4.83. The van der Waals surface area contributed by atoms with E-state index >= 15 is 0 Å². The average Bonchev–Trinajstić information content (AvgIpc) is 3.17. The first-order chi connectivity index (χ1) is 13.6. The smallest absolute Gasteiger partial charge is 0.291 e. The van der Waals surface area contributed by atoms with Gasteiger partial charge < -0.3 is 23.9 Å². The molecule has 0 fully saturated rings. The van der Waals surface area contributed by atoms with Gasteiger partial charge in [-0.25, -0.2) is 0 Å². The molecule has 0 radical (unpaired) electrons. The number of ether oxygens (including phenoxy) is 3. The Morgan fingerprint density at radius 1 is 1.00 bits per heavy atom. The van der Waals surface area contributed by atoms with Crippen LogP contribution < -0.4 is 19.5 Å². The van der Waals surface area contributed by atoms with Crippen molar-refractivity contribution in [1.82, 2.24) is 0 Å². The van der Waals surface area contributed by atoms with Gasteiger partial charge in [0.2, 0.25) is 0 Å². The maximum Gasteiger partial charge on any atom is 0.291 e. The summed E-state index contributed by atoms with van der Waals surface area (Å²) in [6, 6.07) is 16.2. The van der Waals surface area contributed by atoms with E-state index in [0.717, 1.165) is 11.3 Å². The third-order valence-corrected chi connectivity index (χ3v) is 4.00. The number of amides is 1. The van der Waals surface area contributed by atoms with Crippen LogP contribution in [0.5, 0.6) is 17.2 Å². The van der Waals surface area contributed by atoms with E-state index in [4.69, 9.17) is 18.6 Å². The van der Waals surface area contributed by atoms with Gasteiger partial charge in [0.15, 0.2) is 5.76 Å². The molecule has 3 rings (SSSR count). The Labute approximate surface area is 164 Å². The quantitative estimate of drug-likeness (QED) is 0.605. The maximum absolute atomic E-state index is 12.5. The fourth-order valence-electron chi connectivity index (χ4n) is 2.63. The van der Waals surface area contributed by atoms with Gasteiger partial charge in [-0.3, -0.25) is 4.79 Å². The minimum Gasteiger partial charge on any atom is -0.495 e. The molecule has 0 unspecified atom stereocenters. The van der Waals surface area contributed by atoms with Crippen LogP contribution >= 0.6 is 0 Å². The summed E-state index contributed by atoms with van der Waals surface area (Å²) >= 11 is 0. The number of benzene rings is 2. The molecule has 0 aliphatic heterocycles.